The summed E-state index contributed by atoms with van der Waals surface area (Å²) in [7, 11) is 0. The zero-order valence-corrected chi connectivity index (χ0v) is 21.0. The third-order valence-corrected chi connectivity index (χ3v) is 7.28. The van der Waals surface area contributed by atoms with Gasteiger partial charge in [0.2, 0.25) is 5.91 Å². The highest BCUT2D eigenvalue weighted by molar-refractivity contribution is 6.53. The number of ketones is 1. The van der Waals surface area contributed by atoms with Crippen molar-refractivity contribution in [3.8, 4) is 0 Å². The van der Waals surface area contributed by atoms with Crippen LogP contribution in [0.2, 0.25) is 15.1 Å². The Bertz CT molecular complexity index is 1290. The summed E-state index contributed by atoms with van der Waals surface area (Å²) in [5.41, 5.74) is 7.59. The molecule has 0 aromatic heterocycles. The first kappa shape index (κ1) is 25.1. The quantitative estimate of drug-likeness (QED) is 0.189. The SMILES string of the molecule is Nc1cc(F)ccc1CC(=O)c1cc(NC(=O)C2C(c3cc(Cl)cc(Cl)c3)C2(Cl)Cl)ccc1Cl. The lowest BCUT2D eigenvalue weighted by Gasteiger charge is -2.10. The van der Waals surface area contributed by atoms with Gasteiger partial charge in [0.25, 0.3) is 0 Å². The van der Waals surface area contributed by atoms with Crippen molar-refractivity contribution in [3.05, 3.63) is 92.2 Å². The second-order valence-corrected chi connectivity index (χ2v) is 10.7. The fourth-order valence-corrected chi connectivity index (χ4v) is 5.45. The number of nitrogens with two attached hydrogens (primary N) is 1. The molecule has 10 heteroatoms. The summed E-state index contributed by atoms with van der Waals surface area (Å²) >= 11 is 31.2. The minimum absolute atomic E-state index is 0.0874. The molecule has 3 N–H and O–H groups in total. The van der Waals surface area contributed by atoms with Gasteiger partial charge < -0.3 is 11.1 Å². The first-order chi connectivity index (χ1) is 16.0. The standard InChI is InChI=1S/C24H16Cl5FN2O2/c25-13-5-12(6-14(26)8-13)21-22(24(21,28)29)23(34)32-16-3-4-18(27)17(10-16)20(33)7-11-1-2-15(30)9-19(11)31/h1-6,8-10,21-22H,7,31H2,(H,32,34). The number of hydrogen-bond donors (Lipinski definition) is 2. The van der Waals surface area contributed by atoms with Gasteiger partial charge in [-0.2, -0.15) is 0 Å². The summed E-state index contributed by atoms with van der Waals surface area (Å²) in [6.45, 7) is 0. The van der Waals surface area contributed by atoms with E-state index in [9.17, 15) is 14.0 Å². The van der Waals surface area contributed by atoms with Crippen molar-refractivity contribution in [2.75, 3.05) is 11.1 Å². The lowest BCUT2D eigenvalue weighted by Crippen LogP contribution is -2.17. The van der Waals surface area contributed by atoms with Crippen LogP contribution < -0.4 is 11.1 Å². The first-order valence-electron chi connectivity index (χ1n) is 9.98. The van der Waals surface area contributed by atoms with Crippen molar-refractivity contribution in [1.29, 1.82) is 0 Å². The molecule has 2 unspecified atom stereocenters. The molecule has 1 aliphatic carbocycles. The lowest BCUT2D eigenvalue weighted by atomic mass is 10.0. The molecule has 0 radical (unpaired) electrons. The number of anilines is 2. The molecular weight excluding hydrogens is 545 g/mol. The molecule has 1 aliphatic rings. The molecule has 0 spiro atoms. The molecule has 0 bridgehead atoms. The molecule has 1 saturated carbocycles. The van der Waals surface area contributed by atoms with Crippen molar-refractivity contribution < 1.29 is 14.0 Å². The summed E-state index contributed by atoms with van der Waals surface area (Å²) in [5.74, 6) is -2.55. The summed E-state index contributed by atoms with van der Waals surface area (Å²) in [5, 5.41) is 3.74. The van der Waals surface area contributed by atoms with E-state index in [0.29, 0.717) is 26.9 Å². The number of amides is 1. The van der Waals surface area contributed by atoms with Crippen LogP contribution >= 0.6 is 58.0 Å². The van der Waals surface area contributed by atoms with Crippen molar-refractivity contribution in [1.82, 2.24) is 0 Å². The average Bonchev–Trinajstić information content (AvgIpc) is 3.33. The number of hydrogen-bond acceptors (Lipinski definition) is 3. The third kappa shape index (κ3) is 5.14. The van der Waals surface area contributed by atoms with Gasteiger partial charge in [-0.3, -0.25) is 9.59 Å². The third-order valence-electron chi connectivity index (χ3n) is 5.57. The van der Waals surface area contributed by atoms with Crippen LogP contribution in [0.3, 0.4) is 0 Å². The van der Waals surface area contributed by atoms with Crippen LogP contribution in [-0.4, -0.2) is 16.0 Å². The van der Waals surface area contributed by atoms with E-state index < -0.39 is 27.9 Å². The minimum atomic E-state index is -1.34. The van der Waals surface area contributed by atoms with Gasteiger partial charge in [-0.15, -0.1) is 23.2 Å². The van der Waals surface area contributed by atoms with Crippen LogP contribution in [0.5, 0.6) is 0 Å². The number of nitrogens with one attached hydrogen (secondary N) is 1. The van der Waals surface area contributed by atoms with Gasteiger partial charge in [-0.05, 0) is 59.7 Å². The molecule has 1 fully saturated rings. The number of benzene rings is 3. The molecule has 0 saturated heterocycles. The van der Waals surface area contributed by atoms with Gasteiger partial charge in [0.15, 0.2) is 5.78 Å². The first-order valence-corrected chi connectivity index (χ1v) is 11.9. The maximum absolute atomic E-state index is 13.3. The number of alkyl halides is 2. The van der Waals surface area contributed by atoms with Crippen molar-refractivity contribution in [2.24, 2.45) is 5.92 Å². The Labute approximate surface area is 220 Å². The Morgan fingerprint density at radius 3 is 2.29 bits per heavy atom. The molecule has 2 atom stereocenters. The highest BCUT2D eigenvalue weighted by atomic mass is 35.5. The highest BCUT2D eigenvalue weighted by Gasteiger charge is 2.67. The van der Waals surface area contributed by atoms with Crippen LogP contribution in [0.1, 0.15) is 27.4 Å². The average molecular weight is 561 g/mol. The predicted molar refractivity (Wildman–Crippen MR) is 136 cm³/mol. The topological polar surface area (TPSA) is 72.2 Å². The summed E-state index contributed by atoms with van der Waals surface area (Å²) in [4.78, 5) is 25.8. The fraction of sp³-hybridized carbons (Fsp3) is 0.167. The molecule has 4 nitrogen and oxygen atoms in total. The number of rotatable bonds is 6. The number of Topliss-reactive ketones (excluding diaryl/α,β-unsaturated/α-hetero) is 1. The molecule has 4 rings (SSSR count). The Morgan fingerprint density at radius 1 is 0.971 bits per heavy atom. The second-order valence-electron chi connectivity index (χ2n) is 7.96. The van der Waals surface area contributed by atoms with Crippen molar-refractivity contribution >= 4 is 81.1 Å². The van der Waals surface area contributed by atoms with E-state index in [2.05, 4.69) is 5.32 Å². The van der Waals surface area contributed by atoms with E-state index in [4.69, 9.17) is 63.7 Å². The summed E-state index contributed by atoms with van der Waals surface area (Å²) in [6.07, 6.45) is -0.0874. The lowest BCUT2D eigenvalue weighted by molar-refractivity contribution is -0.117. The van der Waals surface area contributed by atoms with E-state index in [1.807, 2.05) is 0 Å². The monoisotopic (exact) mass is 558 g/mol. The largest absolute Gasteiger partial charge is 0.398 e. The van der Waals surface area contributed by atoms with E-state index in [-0.39, 0.29) is 28.5 Å². The Kier molecular flexibility index (Phi) is 7.05. The van der Waals surface area contributed by atoms with Gasteiger partial charge in [0.05, 0.1) is 10.9 Å². The van der Waals surface area contributed by atoms with Gasteiger partial charge >= 0.3 is 0 Å². The van der Waals surface area contributed by atoms with Crippen LogP contribution in [0.15, 0.2) is 54.6 Å². The molecule has 1 amide bonds. The Balaban J connectivity index is 1.52. The summed E-state index contributed by atoms with van der Waals surface area (Å²) in [6, 6.07) is 13.2. The smallest absolute Gasteiger partial charge is 0.231 e. The van der Waals surface area contributed by atoms with E-state index in [1.165, 1.54) is 24.3 Å². The van der Waals surface area contributed by atoms with Gasteiger partial charge in [-0.25, -0.2) is 4.39 Å². The van der Waals surface area contributed by atoms with Crippen LogP contribution in [-0.2, 0) is 11.2 Å². The normalized spacial score (nSPS) is 18.4. The number of halogens is 6. The molecular formula is C24H16Cl5FN2O2. The number of carbonyl (C=O) groups is 2. The van der Waals surface area contributed by atoms with E-state index in [1.54, 1.807) is 24.3 Å². The fourth-order valence-electron chi connectivity index (χ4n) is 3.85. The van der Waals surface area contributed by atoms with Gasteiger partial charge in [-0.1, -0.05) is 40.9 Å². The van der Waals surface area contributed by atoms with E-state index in [0.717, 1.165) is 6.07 Å². The molecule has 3 aromatic carbocycles. The molecule has 176 valence electrons. The summed E-state index contributed by atoms with van der Waals surface area (Å²) < 4.78 is 11.9. The van der Waals surface area contributed by atoms with Gasteiger partial charge in [0.1, 0.15) is 10.2 Å². The maximum atomic E-state index is 13.3. The number of nitrogen functional groups attached to an aromatic ring is 1. The highest BCUT2D eigenvalue weighted by Crippen LogP contribution is 2.65. The predicted octanol–water partition coefficient (Wildman–Crippen LogP) is 7.32. The number of carbonyl (C=O) groups excluding carboxylic acids is 2. The maximum Gasteiger partial charge on any atom is 0.231 e. The van der Waals surface area contributed by atoms with Crippen molar-refractivity contribution in [2.45, 2.75) is 16.7 Å². The Hall–Kier alpha value is -2.02. The van der Waals surface area contributed by atoms with Crippen LogP contribution in [0, 0.1) is 11.7 Å². The molecule has 34 heavy (non-hydrogen) atoms. The van der Waals surface area contributed by atoms with Crippen molar-refractivity contribution in [3.63, 3.8) is 0 Å². The van der Waals surface area contributed by atoms with Gasteiger partial charge in [0, 0.05) is 39.3 Å². The van der Waals surface area contributed by atoms with E-state index >= 15 is 0 Å². The van der Waals surface area contributed by atoms with Crippen LogP contribution in [0.25, 0.3) is 0 Å². The molecule has 0 aliphatic heterocycles. The minimum Gasteiger partial charge on any atom is -0.398 e. The zero-order valence-electron chi connectivity index (χ0n) is 17.2. The van der Waals surface area contributed by atoms with Crippen LogP contribution in [0.4, 0.5) is 15.8 Å². The Morgan fingerprint density at radius 2 is 1.65 bits per heavy atom. The zero-order chi connectivity index (χ0) is 24.8. The molecule has 0 heterocycles. The molecule has 3 aromatic rings. The second kappa shape index (κ2) is 9.56.